The van der Waals surface area contributed by atoms with E-state index in [1.807, 2.05) is 0 Å². The van der Waals surface area contributed by atoms with E-state index in [4.69, 9.17) is 0 Å². The van der Waals surface area contributed by atoms with Gasteiger partial charge in [-0.05, 0) is 76.4 Å². The summed E-state index contributed by atoms with van der Waals surface area (Å²) in [6.45, 7) is 8.50. The molecule has 0 spiro atoms. The summed E-state index contributed by atoms with van der Waals surface area (Å²) in [6.07, 6.45) is 14.0. The number of rotatable bonds is 1. The Kier molecular flexibility index (Phi) is 6.32. The minimum atomic E-state index is -0.887. The predicted molar refractivity (Wildman–Crippen MR) is 154 cm³/mol. The summed E-state index contributed by atoms with van der Waals surface area (Å²) in [5.74, 6) is -0.887. The largest absolute Gasteiger partial charge is 0.478 e. The number of halogens is 1. The van der Waals surface area contributed by atoms with E-state index >= 15 is 0 Å². The Labute approximate surface area is 222 Å². The highest BCUT2D eigenvalue weighted by atomic mass is 79.9. The van der Waals surface area contributed by atoms with Gasteiger partial charge >= 0.3 is 5.97 Å². The molecule has 0 aromatic heterocycles. The lowest BCUT2D eigenvalue weighted by atomic mass is 9.67. The van der Waals surface area contributed by atoms with Crippen LogP contribution >= 0.6 is 15.9 Å². The second kappa shape index (κ2) is 9.19. The molecule has 0 aliphatic heterocycles. The number of aryl methyl sites for hydroxylation is 1. The minimum absolute atomic E-state index is 0.0826. The molecule has 0 heterocycles. The zero-order valence-corrected chi connectivity index (χ0v) is 23.1. The molecular weight excluding hydrogens is 508 g/mol. The number of carboxylic acids is 1. The Morgan fingerprint density at radius 3 is 2.44 bits per heavy atom. The summed E-state index contributed by atoms with van der Waals surface area (Å²) in [6, 6.07) is 16.9. The van der Waals surface area contributed by atoms with Crippen molar-refractivity contribution in [3.63, 3.8) is 0 Å². The average Bonchev–Trinajstić information content (AvgIpc) is 2.86. The fourth-order valence-electron chi connectivity index (χ4n) is 5.87. The Hall–Kier alpha value is -2.91. The quantitative estimate of drug-likeness (QED) is 0.312. The van der Waals surface area contributed by atoms with E-state index in [9.17, 15) is 9.90 Å². The van der Waals surface area contributed by atoms with Crippen molar-refractivity contribution in [1.29, 1.82) is 0 Å². The topological polar surface area (TPSA) is 37.3 Å². The van der Waals surface area contributed by atoms with Crippen LogP contribution in [0.15, 0.2) is 82.9 Å². The Morgan fingerprint density at radius 1 is 0.917 bits per heavy atom. The van der Waals surface area contributed by atoms with E-state index in [-0.39, 0.29) is 10.8 Å². The van der Waals surface area contributed by atoms with Gasteiger partial charge in [0.05, 0.1) is 5.56 Å². The Balaban J connectivity index is 0.000000148. The maximum atomic E-state index is 11.2. The first-order valence-electron chi connectivity index (χ1n) is 12.8. The normalized spacial score (nSPS) is 18.6. The number of hydrogen-bond acceptors (Lipinski definition) is 1. The minimum Gasteiger partial charge on any atom is -0.478 e. The summed E-state index contributed by atoms with van der Waals surface area (Å²) in [7, 11) is 0. The van der Waals surface area contributed by atoms with Crippen LogP contribution in [0.2, 0.25) is 0 Å². The van der Waals surface area contributed by atoms with Crippen molar-refractivity contribution in [2.24, 2.45) is 0 Å². The summed E-state index contributed by atoms with van der Waals surface area (Å²) in [5, 5.41) is 12.0. The molecule has 184 valence electrons. The molecule has 0 saturated carbocycles. The van der Waals surface area contributed by atoms with Crippen molar-refractivity contribution < 1.29 is 9.90 Å². The SMILES string of the molecule is C1=CC2=C(CC1)CCc1c2ccc2ccccc12.CC1(C)C=CC(C)(C)c2c(Br)cc(C(=O)O)cc21. The fourth-order valence-corrected chi connectivity index (χ4v) is 6.84. The number of fused-ring (bicyclic) bond motifs is 5. The molecule has 1 N–H and O–H groups in total. The molecule has 0 saturated heterocycles. The van der Waals surface area contributed by atoms with Crippen molar-refractivity contribution in [2.45, 2.75) is 64.2 Å². The molecule has 3 aliphatic carbocycles. The average molecular weight is 542 g/mol. The van der Waals surface area contributed by atoms with Gasteiger partial charge in [0.25, 0.3) is 0 Å². The molecule has 36 heavy (non-hydrogen) atoms. The van der Waals surface area contributed by atoms with Crippen LogP contribution in [0.4, 0.5) is 0 Å². The maximum Gasteiger partial charge on any atom is 0.335 e. The lowest BCUT2D eigenvalue weighted by molar-refractivity contribution is 0.0696. The van der Waals surface area contributed by atoms with Crippen LogP contribution in [0.25, 0.3) is 16.3 Å². The molecule has 3 aromatic rings. The van der Waals surface area contributed by atoms with Crippen LogP contribution in [-0.4, -0.2) is 11.1 Å². The van der Waals surface area contributed by atoms with Gasteiger partial charge in [-0.15, -0.1) is 0 Å². The number of benzene rings is 3. The van der Waals surface area contributed by atoms with Crippen LogP contribution in [0, 0.1) is 0 Å². The lowest BCUT2D eigenvalue weighted by Crippen LogP contribution is -2.30. The molecule has 0 unspecified atom stereocenters. The van der Waals surface area contributed by atoms with Crippen LogP contribution in [-0.2, 0) is 17.3 Å². The molecule has 3 aliphatic rings. The van der Waals surface area contributed by atoms with Crippen molar-refractivity contribution in [3.05, 3.63) is 111 Å². The van der Waals surface area contributed by atoms with Crippen LogP contribution in [0.5, 0.6) is 0 Å². The molecule has 2 nitrogen and oxygen atoms in total. The maximum absolute atomic E-state index is 11.2. The van der Waals surface area contributed by atoms with Gasteiger partial charge < -0.3 is 5.11 Å². The van der Waals surface area contributed by atoms with Gasteiger partial charge in [0.2, 0.25) is 0 Å². The third kappa shape index (κ3) is 4.39. The van der Waals surface area contributed by atoms with Crippen molar-refractivity contribution in [2.75, 3.05) is 0 Å². The fraction of sp³-hybridized carbons (Fsp3) is 0.303. The number of carbonyl (C=O) groups is 1. The highest BCUT2D eigenvalue weighted by molar-refractivity contribution is 9.10. The van der Waals surface area contributed by atoms with E-state index in [0.717, 1.165) is 10.0 Å². The second-order valence-corrected chi connectivity index (χ2v) is 12.1. The highest BCUT2D eigenvalue weighted by Gasteiger charge is 2.35. The van der Waals surface area contributed by atoms with E-state index in [0.29, 0.717) is 5.56 Å². The number of allylic oxidation sites excluding steroid dienone is 6. The van der Waals surface area contributed by atoms with Crippen molar-refractivity contribution >= 4 is 38.2 Å². The first-order chi connectivity index (χ1) is 17.1. The van der Waals surface area contributed by atoms with Crippen LogP contribution < -0.4 is 0 Å². The van der Waals surface area contributed by atoms with Crippen molar-refractivity contribution in [3.8, 4) is 0 Å². The third-order valence-electron chi connectivity index (χ3n) is 7.88. The number of aromatic carboxylic acids is 1. The number of carboxylic acid groups (broad SMARTS) is 1. The number of hydrogen-bond donors (Lipinski definition) is 1. The molecular formula is C33H33BrO2. The first-order valence-corrected chi connectivity index (χ1v) is 13.6. The van der Waals surface area contributed by atoms with Gasteiger partial charge in [-0.1, -0.05) is 110 Å². The van der Waals surface area contributed by atoms with Gasteiger partial charge in [0.1, 0.15) is 0 Å². The molecule has 0 bridgehead atoms. The summed E-state index contributed by atoms with van der Waals surface area (Å²) >= 11 is 3.53. The van der Waals surface area contributed by atoms with Crippen LogP contribution in [0.1, 0.15) is 79.6 Å². The molecule has 0 amide bonds. The summed E-state index contributed by atoms with van der Waals surface area (Å²) < 4.78 is 0.875. The smallest absolute Gasteiger partial charge is 0.335 e. The lowest BCUT2D eigenvalue weighted by Gasteiger charge is -2.37. The van der Waals surface area contributed by atoms with Gasteiger partial charge in [-0.3, -0.25) is 0 Å². The molecule has 0 atom stereocenters. The van der Waals surface area contributed by atoms with Gasteiger partial charge in [-0.2, -0.15) is 0 Å². The zero-order valence-electron chi connectivity index (χ0n) is 21.5. The van der Waals surface area contributed by atoms with E-state index in [1.54, 1.807) is 23.3 Å². The molecule has 3 aromatic carbocycles. The zero-order chi connectivity index (χ0) is 25.7. The van der Waals surface area contributed by atoms with E-state index < -0.39 is 5.97 Å². The van der Waals surface area contributed by atoms with Gasteiger partial charge in [0.15, 0.2) is 0 Å². The van der Waals surface area contributed by atoms with E-state index in [1.165, 1.54) is 53.2 Å². The standard InChI is InChI=1S/C18H16.C15H17BrO2/c1-3-7-15-13(5-1)9-11-18-16-8-4-2-6-14(16)10-12-17(15)18;1-14(2)5-6-15(3,4)12-10(14)7-9(13(17)18)8-11(12)16/h1,3-5,7-9,11H,2,6,10,12H2;5-8H,1-4H3,(H,17,18). The summed E-state index contributed by atoms with van der Waals surface area (Å²) in [4.78, 5) is 11.2. The second-order valence-electron chi connectivity index (χ2n) is 11.2. The highest BCUT2D eigenvalue weighted by Crippen LogP contribution is 2.45. The molecule has 0 radical (unpaired) electrons. The Bertz CT molecular complexity index is 1470. The molecule has 0 fully saturated rings. The van der Waals surface area contributed by atoms with Crippen LogP contribution in [0.3, 0.4) is 0 Å². The Morgan fingerprint density at radius 2 is 1.67 bits per heavy atom. The third-order valence-corrected chi connectivity index (χ3v) is 8.50. The van der Waals surface area contributed by atoms with Gasteiger partial charge in [0, 0.05) is 15.3 Å². The predicted octanol–water partition coefficient (Wildman–Crippen LogP) is 9.16. The van der Waals surface area contributed by atoms with Crippen molar-refractivity contribution in [1.82, 2.24) is 0 Å². The van der Waals surface area contributed by atoms with Gasteiger partial charge in [-0.25, -0.2) is 4.79 Å². The monoisotopic (exact) mass is 540 g/mol. The first kappa shape index (κ1) is 24.8. The molecule has 3 heteroatoms. The summed E-state index contributed by atoms with van der Waals surface area (Å²) in [5.41, 5.74) is 8.58. The molecule has 6 rings (SSSR count). The van der Waals surface area contributed by atoms with E-state index in [2.05, 4.69) is 104 Å².